The van der Waals surface area contributed by atoms with Gasteiger partial charge in [0.25, 0.3) is 0 Å². The van der Waals surface area contributed by atoms with Gasteiger partial charge in [-0.1, -0.05) is 26.2 Å². The summed E-state index contributed by atoms with van der Waals surface area (Å²) in [5.74, 6) is -0.534. The van der Waals surface area contributed by atoms with Gasteiger partial charge < -0.3 is 9.84 Å². The van der Waals surface area contributed by atoms with Crippen molar-refractivity contribution in [1.82, 2.24) is 0 Å². The van der Waals surface area contributed by atoms with Gasteiger partial charge in [-0.2, -0.15) is 0 Å². The molecule has 1 unspecified atom stereocenters. The highest BCUT2D eigenvalue weighted by atomic mass is 16.5. The standard InChI is InChI=1S/C12H22O3/c1-3-7-10(11(13)15-4-2)12(14)8-5-6-9-12/h10,14H,3-9H2,1-2H3. The van der Waals surface area contributed by atoms with Crippen molar-refractivity contribution < 1.29 is 14.6 Å². The van der Waals surface area contributed by atoms with Crippen molar-refractivity contribution in [3.05, 3.63) is 0 Å². The van der Waals surface area contributed by atoms with Gasteiger partial charge in [0.1, 0.15) is 0 Å². The fourth-order valence-corrected chi connectivity index (χ4v) is 2.47. The third-order valence-corrected chi connectivity index (χ3v) is 3.27. The van der Waals surface area contributed by atoms with Gasteiger partial charge in [0.05, 0.1) is 18.1 Å². The van der Waals surface area contributed by atoms with Gasteiger partial charge in [0.2, 0.25) is 0 Å². The van der Waals surface area contributed by atoms with Crippen LogP contribution in [0.2, 0.25) is 0 Å². The summed E-state index contributed by atoms with van der Waals surface area (Å²) in [5, 5.41) is 10.4. The number of ether oxygens (including phenoxy) is 1. The average Bonchev–Trinajstić information content (AvgIpc) is 2.62. The molecular formula is C12H22O3. The number of carbonyl (C=O) groups excluding carboxylic acids is 1. The molecule has 1 atom stereocenters. The maximum absolute atomic E-state index is 11.7. The van der Waals surface area contributed by atoms with Crippen molar-refractivity contribution in [2.24, 2.45) is 5.92 Å². The molecule has 0 spiro atoms. The van der Waals surface area contributed by atoms with E-state index < -0.39 is 5.60 Å². The van der Waals surface area contributed by atoms with Gasteiger partial charge in [-0.25, -0.2) is 0 Å². The van der Waals surface area contributed by atoms with E-state index in [1.165, 1.54) is 0 Å². The molecule has 0 heterocycles. The Morgan fingerprint density at radius 1 is 1.40 bits per heavy atom. The molecule has 0 amide bonds. The molecule has 0 bridgehead atoms. The van der Waals surface area contributed by atoms with Crippen LogP contribution < -0.4 is 0 Å². The molecule has 0 aromatic heterocycles. The molecule has 0 aromatic carbocycles. The van der Waals surface area contributed by atoms with E-state index in [1.54, 1.807) is 6.92 Å². The van der Waals surface area contributed by atoms with Crippen LogP contribution in [0.4, 0.5) is 0 Å². The maximum atomic E-state index is 11.7. The fourth-order valence-electron chi connectivity index (χ4n) is 2.47. The summed E-state index contributed by atoms with van der Waals surface area (Å²) in [7, 11) is 0. The zero-order chi connectivity index (χ0) is 11.3. The van der Waals surface area contributed by atoms with Crippen LogP contribution in [0.15, 0.2) is 0 Å². The van der Waals surface area contributed by atoms with Crippen molar-refractivity contribution in [3.8, 4) is 0 Å². The molecule has 3 nitrogen and oxygen atoms in total. The third kappa shape index (κ3) is 2.94. The largest absolute Gasteiger partial charge is 0.466 e. The third-order valence-electron chi connectivity index (χ3n) is 3.27. The molecule has 0 saturated heterocycles. The Labute approximate surface area is 91.8 Å². The minimum Gasteiger partial charge on any atom is -0.466 e. The predicted molar refractivity (Wildman–Crippen MR) is 58.4 cm³/mol. The molecule has 1 fully saturated rings. The lowest BCUT2D eigenvalue weighted by atomic mass is 9.83. The zero-order valence-electron chi connectivity index (χ0n) is 9.79. The highest BCUT2D eigenvalue weighted by Crippen LogP contribution is 2.38. The van der Waals surface area contributed by atoms with E-state index in [9.17, 15) is 9.90 Å². The predicted octanol–water partition coefficient (Wildman–Crippen LogP) is 2.27. The molecule has 88 valence electrons. The van der Waals surface area contributed by atoms with Crippen LogP contribution >= 0.6 is 0 Å². The Bertz CT molecular complexity index is 207. The summed E-state index contributed by atoms with van der Waals surface area (Å²) in [6.45, 7) is 4.24. The van der Waals surface area contributed by atoms with E-state index in [0.717, 1.165) is 38.5 Å². The summed E-state index contributed by atoms with van der Waals surface area (Å²) in [5.41, 5.74) is -0.789. The van der Waals surface area contributed by atoms with E-state index in [-0.39, 0.29) is 11.9 Å². The normalized spacial score (nSPS) is 21.3. The number of rotatable bonds is 5. The van der Waals surface area contributed by atoms with Crippen molar-refractivity contribution in [3.63, 3.8) is 0 Å². The van der Waals surface area contributed by atoms with Gasteiger partial charge in [0, 0.05) is 0 Å². The van der Waals surface area contributed by atoms with Crippen LogP contribution in [0.5, 0.6) is 0 Å². The Hall–Kier alpha value is -0.570. The Morgan fingerprint density at radius 2 is 2.00 bits per heavy atom. The summed E-state index contributed by atoms with van der Waals surface area (Å²) in [4.78, 5) is 11.7. The highest BCUT2D eigenvalue weighted by molar-refractivity contribution is 5.74. The smallest absolute Gasteiger partial charge is 0.311 e. The minimum absolute atomic E-state index is 0.219. The minimum atomic E-state index is -0.789. The van der Waals surface area contributed by atoms with Gasteiger partial charge in [-0.3, -0.25) is 4.79 Å². The van der Waals surface area contributed by atoms with Gasteiger partial charge in [-0.15, -0.1) is 0 Å². The van der Waals surface area contributed by atoms with Crippen molar-refractivity contribution in [2.45, 2.75) is 58.0 Å². The molecule has 1 aliphatic rings. The van der Waals surface area contributed by atoms with E-state index in [1.807, 2.05) is 6.92 Å². The first-order chi connectivity index (χ1) is 7.14. The second kappa shape index (κ2) is 5.50. The highest BCUT2D eigenvalue weighted by Gasteiger charge is 2.43. The molecule has 0 aromatic rings. The first-order valence-electron chi connectivity index (χ1n) is 6.03. The van der Waals surface area contributed by atoms with Gasteiger partial charge >= 0.3 is 5.97 Å². The van der Waals surface area contributed by atoms with Crippen LogP contribution in [0.1, 0.15) is 52.4 Å². The first kappa shape index (κ1) is 12.5. The second-order valence-corrected chi connectivity index (χ2v) is 4.40. The first-order valence-corrected chi connectivity index (χ1v) is 6.03. The van der Waals surface area contributed by atoms with E-state index >= 15 is 0 Å². The molecule has 1 saturated carbocycles. The van der Waals surface area contributed by atoms with Crippen LogP contribution in [-0.4, -0.2) is 23.3 Å². The molecule has 0 radical (unpaired) electrons. The van der Waals surface area contributed by atoms with Crippen molar-refractivity contribution >= 4 is 5.97 Å². The number of esters is 1. The molecular weight excluding hydrogens is 192 g/mol. The van der Waals surface area contributed by atoms with Crippen LogP contribution in [0.25, 0.3) is 0 Å². The Morgan fingerprint density at radius 3 is 2.47 bits per heavy atom. The lowest BCUT2D eigenvalue weighted by Gasteiger charge is -2.30. The summed E-state index contributed by atoms with van der Waals surface area (Å²) in [6, 6.07) is 0. The lowest BCUT2D eigenvalue weighted by molar-refractivity contribution is -0.158. The summed E-state index contributed by atoms with van der Waals surface area (Å²) in [6.07, 6.45) is 5.18. The Balaban J connectivity index is 2.67. The van der Waals surface area contributed by atoms with Gasteiger partial charge in [-0.05, 0) is 26.2 Å². The molecule has 1 aliphatic carbocycles. The molecule has 0 aliphatic heterocycles. The maximum Gasteiger partial charge on any atom is 0.311 e. The number of aliphatic hydroxyl groups is 1. The van der Waals surface area contributed by atoms with Crippen molar-refractivity contribution in [1.29, 1.82) is 0 Å². The van der Waals surface area contributed by atoms with E-state index in [4.69, 9.17) is 4.74 Å². The number of hydrogen-bond donors (Lipinski definition) is 1. The number of carbonyl (C=O) groups is 1. The monoisotopic (exact) mass is 214 g/mol. The molecule has 1 N–H and O–H groups in total. The zero-order valence-corrected chi connectivity index (χ0v) is 9.79. The molecule has 1 rings (SSSR count). The van der Waals surface area contributed by atoms with Crippen LogP contribution in [0.3, 0.4) is 0 Å². The topological polar surface area (TPSA) is 46.5 Å². The molecule has 15 heavy (non-hydrogen) atoms. The summed E-state index contributed by atoms with van der Waals surface area (Å²) >= 11 is 0. The SMILES string of the molecule is CCCC(C(=O)OCC)C1(O)CCCC1. The summed E-state index contributed by atoms with van der Waals surface area (Å²) < 4.78 is 5.04. The molecule has 3 heteroatoms. The fraction of sp³-hybridized carbons (Fsp3) is 0.917. The van der Waals surface area contributed by atoms with Crippen LogP contribution in [-0.2, 0) is 9.53 Å². The Kier molecular flexibility index (Phi) is 4.58. The van der Waals surface area contributed by atoms with Gasteiger partial charge in [0.15, 0.2) is 0 Å². The van der Waals surface area contributed by atoms with E-state index in [2.05, 4.69) is 0 Å². The van der Waals surface area contributed by atoms with Crippen LogP contribution in [0, 0.1) is 5.92 Å². The number of hydrogen-bond acceptors (Lipinski definition) is 3. The average molecular weight is 214 g/mol. The quantitative estimate of drug-likeness (QED) is 0.714. The second-order valence-electron chi connectivity index (χ2n) is 4.40. The van der Waals surface area contributed by atoms with Crippen molar-refractivity contribution in [2.75, 3.05) is 6.61 Å². The lowest BCUT2D eigenvalue weighted by Crippen LogP contribution is -2.40. The van der Waals surface area contributed by atoms with E-state index in [0.29, 0.717) is 6.61 Å².